The molecule has 0 bridgehead atoms. The fourth-order valence-corrected chi connectivity index (χ4v) is 2.85. The van der Waals surface area contributed by atoms with Gasteiger partial charge in [0.25, 0.3) is 0 Å². The van der Waals surface area contributed by atoms with Crippen LogP contribution in [0, 0.1) is 13.8 Å². The van der Waals surface area contributed by atoms with E-state index < -0.39 is 0 Å². The average Bonchev–Trinajstić information content (AvgIpc) is 2.58. The highest BCUT2D eigenvalue weighted by atomic mass is 32.1. The Kier molecular flexibility index (Phi) is 5.65. The molecule has 0 fully saturated rings. The van der Waals surface area contributed by atoms with Gasteiger partial charge in [-0.05, 0) is 45.4 Å². The Morgan fingerprint density at radius 1 is 1.47 bits per heavy atom. The zero-order valence-electron chi connectivity index (χ0n) is 11.1. The van der Waals surface area contributed by atoms with Gasteiger partial charge < -0.3 is 10.6 Å². The number of thiophene rings is 1. The first-order chi connectivity index (χ1) is 8.04. The van der Waals surface area contributed by atoms with Gasteiger partial charge in [-0.2, -0.15) is 0 Å². The van der Waals surface area contributed by atoms with Crippen molar-refractivity contribution in [3.05, 3.63) is 21.4 Å². The molecule has 2 N–H and O–H groups in total. The summed E-state index contributed by atoms with van der Waals surface area (Å²) in [7, 11) is 0. The SMILES string of the molecule is CCCNCC(=O)NC(C)c1cc(C)sc1C. The van der Waals surface area contributed by atoms with Crippen molar-refractivity contribution in [2.75, 3.05) is 13.1 Å². The van der Waals surface area contributed by atoms with Gasteiger partial charge in [-0.3, -0.25) is 4.79 Å². The first-order valence-corrected chi connectivity index (χ1v) is 6.93. The quantitative estimate of drug-likeness (QED) is 0.766. The second-order valence-corrected chi connectivity index (χ2v) is 5.80. The van der Waals surface area contributed by atoms with E-state index in [2.05, 4.69) is 37.5 Å². The Balaban J connectivity index is 2.46. The summed E-state index contributed by atoms with van der Waals surface area (Å²) in [6.07, 6.45) is 1.05. The number of aryl methyl sites for hydroxylation is 2. The minimum atomic E-state index is 0.0641. The Hall–Kier alpha value is -0.870. The van der Waals surface area contributed by atoms with Crippen LogP contribution in [-0.4, -0.2) is 19.0 Å². The lowest BCUT2D eigenvalue weighted by atomic mass is 10.1. The van der Waals surface area contributed by atoms with Gasteiger partial charge in [-0.25, -0.2) is 0 Å². The molecule has 0 spiro atoms. The average molecular weight is 254 g/mol. The van der Waals surface area contributed by atoms with Crippen LogP contribution < -0.4 is 10.6 Å². The summed E-state index contributed by atoms with van der Waals surface area (Å²) in [6.45, 7) is 9.61. The highest BCUT2D eigenvalue weighted by Crippen LogP contribution is 2.25. The van der Waals surface area contributed by atoms with Gasteiger partial charge in [-0.1, -0.05) is 6.92 Å². The fraction of sp³-hybridized carbons (Fsp3) is 0.615. The van der Waals surface area contributed by atoms with E-state index in [4.69, 9.17) is 0 Å². The first kappa shape index (κ1) is 14.2. The molecule has 96 valence electrons. The molecule has 3 nitrogen and oxygen atoms in total. The number of hydrogen-bond acceptors (Lipinski definition) is 3. The van der Waals surface area contributed by atoms with Gasteiger partial charge in [0.05, 0.1) is 12.6 Å². The molecule has 1 aromatic heterocycles. The molecule has 1 unspecified atom stereocenters. The normalized spacial score (nSPS) is 12.5. The van der Waals surface area contributed by atoms with Crippen molar-refractivity contribution in [3.63, 3.8) is 0 Å². The van der Waals surface area contributed by atoms with E-state index in [0.717, 1.165) is 13.0 Å². The third-order valence-corrected chi connectivity index (χ3v) is 3.62. The largest absolute Gasteiger partial charge is 0.348 e. The van der Waals surface area contributed by atoms with Crippen molar-refractivity contribution in [2.45, 2.75) is 40.2 Å². The maximum atomic E-state index is 11.6. The zero-order valence-corrected chi connectivity index (χ0v) is 11.9. The van der Waals surface area contributed by atoms with Gasteiger partial charge >= 0.3 is 0 Å². The molecule has 17 heavy (non-hydrogen) atoms. The van der Waals surface area contributed by atoms with Gasteiger partial charge in [0.1, 0.15) is 0 Å². The standard InChI is InChI=1S/C13H22N2OS/c1-5-6-14-8-13(16)15-10(3)12-7-9(2)17-11(12)4/h7,10,14H,5-6,8H2,1-4H3,(H,15,16). The van der Waals surface area contributed by atoms with Gasteiger partial charge in [0.15, 0.2) is 0 Å². The molecular formula is C13H22N2OS. The summed E-state index contributed by atoms with van der Waals surface area (Å²) < 4.78 is 0. The van der Waals surface area contributed by atoms with Crippen molar-refractivity contribution in [1.82, 2.24) is 10.6 Å². The summed E-state index contributed by atoms with van der Waals surface area (Å²) >= 11 is 1.78. The summed E-state index contributed by atoms with van der Waals surface area (Å²) in [4.78, 5) is 14.2. The molecule has 1 aromatic rings. The van der Waals surface area contributed by atoms with E-state index in [1.807, 2.05) is 6.92 Å². The van der Waals surface area contributed by atoms with Gasteiger partial charge in [0.2, 0.25) is 5.91 Å². The van der Waals surface area contributed by atoms with E-state index in [0.29, 0.717) is 6.54 Å². The van der Waals surface area contributed by atoms with Crippen LogP contribution >= 0.6 is 11.3 Å². The number of carbonyl (C=O) groups excluding carboxylic acids is 1. The molecule has 0 aliphatic heterocycles. The minimum Gasteiger partial charge on any atom is -0.348 e. The van der Waals surface area contributed by atoms with Gasteiger partial charge in [0, 0.05) is 9.75 Å². The molecular weight excluding hydrogens is 232 g/mol. The second-order valence-electron chi connectivity index (χ2n) is 4.33. The molecule has 0 saturated heterocycles. The Morgan fingerprint density at radius 3 is 2.71 bits per heavy atom. The predicted octanol–water partition coefficient (Wildman–Crippen LogP) is 2.54. The van der Waals surface area contributed by atoms with Crippen LogP contribution in [-0.2, 0) is 4.79 Å². The molecule has 0 saturated carbocycles. The molecule has 4 heteroatoms. The smallest absolute Gasteiger partial charge is 0.234 e. The minimum absolute atomic E-state index is 0.0641. The van der Waals surface area contributed by atoms with Crippen molar-refractivity contribution in [3.8, 4) is 0 Å². The maximum absolute atomic E-state index is 11.6. The molecule has 0 aliphatic rings. The molecule has 0 aliphatic carbocycles. The van der Waals surface area contributed by atoms with Crippen LogP contribution in [0.25, 0.3) is 0 Å². The topological polar surface area (TPSA) is 41.1 Å². The van der Waals surface area contributed by atoms with E-state index in [1.54, 1.807) is 11.3 Å². The van der Waals surface area contributed by atoms with Gasteiger partial charge in [-0.15, -0.1) is 11.3 Å². The van der Waals surface area contributed by atoms with Crippen molar-refractivity contribution in [1.29, 1.82) is 0 Å². The number of nitrogens with one attached hydrogen (secondary N) is 2. The molecule has 0 aromatic carbocycles. The Labute approximate surface area is 108 Å². The molecule has 1 heterocycles. The van der Waals surface area contributed by atoms with E-state index in [-0.39, 0.29) is 11.9 Å². The van der Waals surface area contributed by atoms with E-state index >= 15 is 0 Å². The second kappa shape index (κ2) is 6.77. The molecule has 1 rings (SSSR count). The van der Waals surface area contributed by atoms with Crippen molar-refractivity contribution in [2.24, 2.45) is 0 Å². The number of carbonyl (C=O) groups is 1. The summed E-state index contributed by atoms with van der Waals surface area (Å²) in [5.41, 5.74) is 1.23. The first-order valence-electron chi connectivity index (χ1n) is 6.11. The lowest BCUT2D eigenvalue weighted by molar-refractivity contribution is -0.120. The maximum Gasteiger partial charge on any atom is 0.234 e. The van der Waals surface area contributed by atoms with Crippen LogP contribution in [0.3, 0.4) is 0 Å². The predicted molar refractivity (Wildman–Crippen MR) is 73.5 cm³/mol. The highest BCUT2D eigenvalue weighted by Gasteiger charge is 2.13. The number of rotatable bonds is 6. The highest BCUT2D eigenvalue weighted by molar-refractivity contribution is 7.12. The van der Waals surface area contributed by atoms with Crippen LogP contribution in [0.2, 0.25) is 0 Å². The van der Waals surface area contributed by atoms with E-state index in [1.165, 1.54) is 15.3 Å². The fourth-order valence-electron chi connectivity index (χ4n) is 1.83. The lowest BCUT2D eigenvalue weighted by Gasteiger charge is -2.14. The monoisotopic (exact) mass is 254 g/mol. The zero-order chi connectivity index (χ0) is 12.8. The summed E-state index contributed by atoms with van der Waals surface area (Å²) in [6, 6.07) is 2.25. The van der Waals surface area contributed by atoms with Crippen LogP contribution in [0.15, 0.2) is 6.07 Å². The van der Waals surface area contributed by atoms with Crippen LogP contribution in [0.4, 0.5) is 0 Å². The van der Waals surface area contributed by atoms with E-state index in [9.17, 15) is 4.79 Å². The molecule has 1 atom stereocenters. The lowest BCUT2D eigenvalue weighted by Crippen LogP contribution is -2.35. The summed E-state index contributed by atoms with van der Waals surface area (Å²) in [5.74, 6) is 0.0641. The number of amides is 1. The third-order valence-electron chi connectivity index (χ3n) is 2.64. The molecule has 0 radical (unpaired) electrons. The number of hydrogen-bond donors (Lipinski definition) is 2. The Morgan fingerprint density at radius 2 is 2.18 bits per heavy atom. The third kappa shape index (κ3) is 4.48. The van der Waals surface area contributed by atoms with Crippen LogP contribution in [0.1, 0.15) is 41.6 Å². The van der Waals surface area contributed by atoms with Crippen molar-refractivity contribution >= 4 is 17.2 Å². The summed E-state index contributed by atoms with van der Waals surface area (Å²) in [5, 5.41) is 6.12. The Bertz CT molecular complexity index is 373. The van der Waals surface area contributed by atoms with Crippen molar-refractivity contribution < 1.29 is 4.79 Å². The van der Waals surface area contributed by atoms with Crippen LogP contribution in [0.5, 0.6) is 0 Å². The molecule has 1 amide bonds.